The molecule has 1 atom stereocenters. The Kier molecular flexibility index (Phi) is 8.38. The fourth-order valence-electron chi connectivity index (χ4n) is 1.30. The van der Waals surface area contributed by atoms with Crippen molar-refractivity contribution in [2.75, 3.05) is 12.5 Å². The molecule has 15 heavy (non-hydrogen) atoms. The van der Waals surface area contributed by atoms with Gasteiger partial charge < -0.3 is 4.74 Å². The standard InChI is InChI=1S/C11H19ClO3/c1-3-10(9(2)13)5-6-11(14)15-8-4-7-12/h10H,3-8H2,1-2H3/t10-/m0/s1. The van der Waals surface area contributed by atoms with E-state index in [2.05, 4.69) is 0 Å². The molecule has 0 radical (unpaired) electrons. The van der Waals surface area contributed by atoms with Crippen LogP contribution in [0.5, 0.6) is 0 Å². The number of carbonyl (C=O) groups is 2. The second-order valence-corrected chi connectivity index (χ2v) is 3.90. The molecular formula is C11H19ClO3. The van der Waals surface area contributed by atoms with E-state index in [1.165, 1.54) is 0 Å². The van der Waals surface area contributed by atoms with Gasteiger partial charge in [-0.3, -0.25) is 9.59 Å². The fraction of sp³-hybridized carbons (Fsp3) is 0.818. The molecule has 0 bridgehead atoms. The molecule has 0 aliphatic heterocycles. The first-order valence-corrected chi connectivity index (χ1v) is 5.87. The lowest BCUT2D eigenvalue weighted by Crippen LogP contribution is -2.13. The van der Waals surface area contributed by atoms with E-state index < -0.39 is 0 Å². The third-order valence-electron chi connectivity index (χ3n) is 2.31. The number of alkyl halides is 1. The quantitative estimate of drug-likeness (QED) is 0.368. The average molecular weight is 235 g/mol. The highest BCUT2D eigenvalue weighted by atomic mass is 35.5. The highest BCUT2D eigenvalue weighted by molar-refractivity contribution is 6.17. The highest BCUT2D eigenvalue weighted by Crippen LogP contribution is 2.12. The number of hydrogen-bond acceptors (Lipinski definition) is 3. The maximum absolute atomic E-state index is 11.2. The topological polar surface area (TPSA) is 43.4 Å². The summed E-state index contributed by atoms with van der Waals surface area (Å²) in [5, 5.41) is 0. The van der Waals surface area contributed by atoms with Crippen molar-refractivity contribution in [2.45, 2.75) is 39.5 Å². The summed E-state index contributed by atoms with van der Waals surface area (Å²) in [7, 11) is 0. The maximum atomic E-state index is 11.2. The van der Waals surface area contributed by atoms with Crippen LogP contribution in [0.2, 0.25) is 0 Å². The van der Waals surface area contributed by atoms with Crippen molar-refractivity contribution >= 4 is 23.4 Å². The minimum Gasteiger partial charge on any atom is -0.466 e. The number of Topliss-reactive ketones (excluding diaryl/α,β-unsaturated/α-hetero) is 1. The molecule has 0 N–H and O–H groups in total. The molecule has 0 aromatic carbocycles. The van der Waals surface area contributed by atoms with Gasteiger partial charge in [0.25, 0.3) is 0 Å². The van der Waals surface area contributed by atoms with E-state index in [0.29, 0.717) is 31.7 Å². The Morgan fingerprint density at radius 1 is 1.40 bits per heavy atom. The van der Waals surface area contributed by atoms with Crippen molar-refractivity contribution in [3.8, 4) is 0 Å². The van der Waals surface area contributed by atoms with Gasteiger partial charge in [-0.2, -0.15) is 0 Å². The zero-order chi connectivity index (χ0) is 11.7. The molecule has 0 aliphatic carbocycles. The summed E-state index contributed by atoms with van der Waals surface area (Å²) >= 11 is 5.44. The van der Waals surface area contributed by atoms with E-state index in [1.807, 2.05) is 6.92 Å². The fourth-order valence-corrected chi connectivity index (χ4v) is 1.41. The van der Waals surface area contributed by atoms with Gasteiger partial charge in [0.05, 0.1) is 6.61 Å². The van der Waals surface area contributed by atoms with E-state index in [-0.39, 0.29) is 17.7 Å². The van der Waals surface area contributed by atoms with Crippen molar-refractivity contribution < 1.29 is 14.3 Å². The summed E-state index contributed by atoms with van der Waals surface area (Å²) in [6, 6.07) is 0. The van der Waals surface area contributed by atoms with E-state index in [9.17, 15) is 9.59 Å². The molecule has 0 unspecified atom stereocenters. The third kappa shape index (κ3) is 7.37. The minimum absolute atomic E-state index is 0.00873. The van der Waals surface area contributed by atoms with Gasteiger partial charge in [-0.05, 0) is 26.2 Å². The number of rotatable bonds is 8. The van der Waals surface area contributed by atoms with E-state index in [0.717, 1.165) is 6.42 Å². The van der Waals surface area contributed by atoms with E-state index in [4.69, 9.17) is 16.3 Å². The summed E-state index contributed by atoms with van der Waals surface area (Å²) in [5.41, 5.74) is 0. The maximum Gasteiger partial charge on any atom is 0.305 e. The predicted molar refractivity (Wildman–Crippen MR) is 60.0 cm³/mol. The summed E-state index contributed by atoms with van der Waals surface area (Å²) in [4.78, 5) is 22.3. The molecule has 0 rings (SSSR count). The van der Waals surface area contributed by atoms with Crippen LogP contribution in [0.3, 0.4) is 0 Å². The highest BCUT2D eigenvalue weighted by Gasteiger charge is 2.14. The second kappa shape index (κ2) is 8.72. The monoisotopic (exact) mass is 234 g/mol. The van der Waals surface area contributed by atoms with Gasteiger partial charge in [-0.1, -0.05) is 6.92 Å². The molecule has 4 heteroatoms. The zero-order valence-corrected chi connectivity index (χ0v) is 10.2. The SMILES string of the molecule is CC[C@@H](CCC(=O)OCCCCl)C(C)=O. The lowest BCUT2D eigenvalue weighted by molar-refractivity contribution is -0.144. The number of carbonyl (C=O) groups excluding carboxylic acids is 2. The molecule has 0 aromatic heterocycles. The van der Waals surface area contributed by atoms with Crippen LogP contribution in [0.4, 0.5) is 0 Å². The minimum atomic E-state index is -0.236. The number of hydrogen-bond donors (Lipinski definition) is 0. The smallest absolute Gasteiger partial charge is 0.305 e. The summed E-state index contributed by atoms with van der Waals surface area (Å²) in [6.45, 7) is 3.89. The number of ketones is 1. The van der Waals surface area contributed by atoms with Gasteiger partial charge in [-0.15, -0.1) is 11.6 Å². The Balaban J connectivity index is 3.64. The molecule has 0 aromatic rings. The van der Waals surface area contributed by atoms with Crippen LogP contribution >= 0.6 is 11.6 Å². The van der Waals surface area contributed by atoms with Gasteiger partial charge in [0.15, 0.2) is 0 Å². The van der Waals surface area contributed by atoms with Gasteiger partial charge in [0.1, 0.15) is 5.78 Å². The Morgan fingerprint density at radius 2 is 2.07 bits per heavy atom. The normalized spacial score (nSPS) is 12.2. The summed E-state index contributed by atoms with van der Waals surface area (Å²) < 4.78 is 4.92. The van der Waals surface area contributed by atoms with Crippen LogP contribution < -0.4 is 0 Å². The van der Waals surface area contributed by atoms with E-state index >= 15 is 0 Å². The first-order valence-electron chi connectivity index (χ1n) is 5.33. The molecule has 0 spiro atoms. The second-order valence-electron chi connectivity index (χ2n) is 3.52. The first kappa shape index (κ1) is 14.4. The van der Waals surface area contributed by atoms with Gasteiger partial charge in [0, 0.05) is 18.2 Å². The number of ether oxygens (including phenoxy) is 1. The Morgan fingerprint density at radius 3 is 2.53 bits per heavy atom. The molecular weight excluding hydrogens is 216 g/mol. The van der Waals surface area contributed by atoms with Crippen molar-refractivity contribution in [2.24, 2.45) is 5.92 Å². The van der Waals surface area contributed by atoms with E-state index in [1.54, 1.807) is 6.92 Å². The number of esters is 1. The lowest BCUT2D eigenvalue weighted by atomic mass is 9.96. The van der Waals surface area contributed by atoms with Crippen LogP contribution in [0.1, 0.15) is 39.5 Å². The largest absolute Gasteiger partial charge is 0.466 e. The lowest BCUT2D eigenvalue weighted by Gasteiger charge is -2.10. The first-order chi connectivity index (χ1) is 7.11. The molecule has 3 nitrogen and oxygen atoms in total. The van der Waals surface area contributed by atoms with Crippen LogP contribution in [0.25, 0.3) is 0 Å². The van der Waals surface area contributed by atoms with Crippen molar-refractivity contribution in [3.05, 3.63) is 0 Å². The predicted octanol–water partition coefficient (Wildman–Crippen LogP) is 2.55. The van der Waals surface area contributed by atoms with Gasteiger partial charge >= 0.3 is 5.97 Å². The molecule has 88 valence electrons. The van der Waals surface area contributed by atoms with Crippen LogP contribution in [-0.4, -0.2) is 24.2 Å². The van der Waals surface area contributed by atoms with Crippen molar-refractivity contribution in [1.29, 1.82) is 0 Å². The molecule has 0 aliphatic rings. The van der Waals surface area contributed by atoms with Crippen LogP contribution in [-0.2, 0) is 14.3 Å². The summed E-state index contributed by atoms with van der Waals surface area (Å²) in [5.74, 6) is 0.398. The number of halogens is 1. The Hall–Kier alpha value is -0.570. The molecule has 0 saturated carbocycles. The molecule has 0 amide bonds. The Labute approximate surface area is 96.1 Å². The molecule has 0 heterocycles. The van der Waals surface area contributed by atoms with Crippen LogP contribution in [0, 0.1) is 5.92 Å². The third-order valence-corrected chi connectivity index (χ3v) is 2.57. The van der Waals surface area contributed by atoms with Crippen molar-refractivity contribution in [1.82, 2.24) is 0 Å². The zero-order valence-electron chi connectivity index (χ0n) is 9.42. The average Bonchev–Trinajstić information content (AvgIpc) is 2.18. The van der Waals surface area contributed by atoms with Crippen LogP contribution in [0.15, 0.2) is 0 Å². The van der Waals surface area contributed by atoms with Gasteiger partial charge in [-0.25, -0.2) is 0 Å². The molecule has 0 fully saturated rings. The van der Waals surface area contributed by atoms with Gasteiger partial charge in [0.2, 0.25) is 0 Å². The Bertz CT molecular complexity index is 204. The summed E-state index contributed by atoms with van der Waals surface area (Å²) in [6.07, 6.45) is 2.37. The van der Waals surface area contributed by atoms with Crippen molar-refractivity contribution in [3.63, 3.8) is 0 Å². The molecule has 0 saturated heterocycles.